The number of aliphatic hydroxyl groups is 1. The number of esters is 1. The Labute approximate surface area is 116 Å². The van der Waals surface area contributed by atoms with Crippen molar-refractivity contribution in [1.29, 1.82) is 0 Å². The van der Waals surface area contributed by atoms with Crippen LogP contribution in [0.4, 0.5) is 4.79 Å². The zero-order chi connectivity index (χ0) is 15.1. The number of ether oxygens (including phenoxy) is 1. The first-order valence-corrected chi connectivity index (χ1v) is 6.43. The van der Waals surface area contributed by atoms with Crippen molar-refractivity contribution in [2.75, 3.05) is 26.8 Å². The van der Waals surface area contributed by atoms with Gasteiger partial charge < -0.3 is 25.2 Å². The lowest BCUT2D eigenvalue weighted by molar-refractivity contribution is -0.147. The van der Waals surface area contributed by atoms with Crippen LogP contribution in [0.15, 0.2) is 0 Å². The molecule has 1 aliphatic rings. The van der Waals surface area contributed by atoms with Gasteiger partial charge in [-0.25, -0.2) is 9.59 Å². The van der Waals surface area contributed by atoms with E-state index in [1.54, 1.807) is 0 Å². The minimum absolute atomic E-state index is 0.0697. The molecule has 0 aromatic rings. The van der Waals surface area contributed by atoms with Gasteiger partial charge in [0.2, 0.25) is 0 Å². The maximum Gasteiger partial charge on any atom is 0.326 e. The number of carboxylic acid groups (broad SMARTS) is 1. The largest absolute Gasteiger partial charge is 0.480 e. The van der Waals surface area contributed by atoms with Gasteiger partial charge in [-0.1, -0.05) is 0 Å². The number of carboxylic acids is 1. The van der Waals surface area contributed by atoms with E-state index < -0.39 is 30.4 Å². The Balaban J connectivity index is 2.50. The van der Waals surface area contributed by atoms with Crippen molar-refractivity contribution < 1.29 is 29.3 Å². The standard InChI is InChI=1S/C12H20N2O6/c1-20-10(16)6-9(11(17)18)13-12(19)14-4-2-8(7-14)3-5-15/h8-9,15H,2-7H2,1H3,(H,13,19)(H,17,18)/t8?,9-/m0/s1. The molecular formula is C12H20N2O6. The van der Waals surface area contributed by atoms with Crippen molar-refractivity contribution in [3.05, 3.63) is 0 Å². The van der Waals surface area contributed by atoms with Crippen molar-refractivity contribution in [3.8, 4) is 0 Å². The third-order valence-electron chi connectivity index (χ3n) is 3.30. The molecule has 114 valence electrons. The van der Waals surface area contributed by atoms with Gasteiger partial charge in [0.1, 0.15) is 6.04 Å². The van der Waals surface area contributed by atoms with E-state index in [0.29, 0.717) is 19.5 Å². The highest BCUT2D eigenvalue weighted by molar-refractivity contribution is 5.86. The zero-order valence-electron chi connectivity index (χ0n) is 11.4. The second-order valence-electron chi connectivity index (χ2n) is 4.73. The van der Waals surface area contributed by atoms with Crippen LogP contribution in [0.25, 0.3) is 0 Å². The number of nitrogens with zero attached hydrogens (tertiary/aromatic N) is 1. The molecule has 0 saturated carbocycles. The number of hydrogen-bond donors (Lipinski definition) is 3. The molecule has 1 rings (SSSR count). The van der Waals surface area contributed by atoms with Crippen LogP contribution in [0.5, 0.6) is 0 Å². The summed E-state index contributed by atoms with van der Waals surface area (Å²) in [4.78, 5) is 35.5. The summed E-state index contributed by atoms with van der Waals surface area (Å²) in [6.45, 7) is 1.07. The molecule has 1 heterocycles. The van der Waals surface area contributed by atoms with E-state index in [9.17, 15) is 14.4 Å². The van der Waals surface area contributed by atoms with E-state index in [1.807, 2.05) is 0 Å². The van der Waals surface area contributed by atoms with Crippen molar-refractivity contribution in [2.24, 2.45) is 5.92 Å². The molecule has 8 nitrogen and oxygen atoms in total. The molecular weight excluding hydrogens is 268 g/mol. The molecule has 1 unspecified atom stereocenters. The highest BCUT2D eigenvalue weighted by Crippen LogP contribution is 2.19. The highest BCUT2D eigenvalue weighted by atomic mass is 16.5. The third kappa shape index (κ3) is 4.69. The second kappa shape index (κ2) is 7.68. The molecule has 1 aliphatic heterocycles. The van der Waals surface area contributed by atoms with Gasteiger partial charge in [-0.05, 0) is 18.8 Å². The molecule has 8 heteroatoms. The molecule has 0 aromatic carbocycles. The van der Waals surface area contributed by atoms with Crippen LogP contribution in [0, 0.1) is 5.92 Å². The highest BCUT2D eigenvalue weighted by Gasteiger charge is 2.30. The van der Waals surface area contributed by atoms with Crippen LogP contribution < -0.4 is 5.32 Å². The van der Waals surface area contributed by atoms with E-state index in [4.69, 9.17) is 10.2 Å². The Morgan fingerprint density at radius 2 is 2.15 bits per heavy atom. The molecule has 0 radical (unpaired) electrons. The number of aliphatic hydroxyl groups excluding tert-OH is 1. The topological polar surface area (TPSA) is 116 Å². The SMILES string of the molecule is COC(=O)C[C@H](NC(=O)N1CCC(CCO)C1)C(=O)O. The number of hydrogen-bond acceptors (Lipinski definition) is 5. The number of carbonyl (C=O) groups excluding carboxylic acids is 2. The lowest BCUT2D eigenvalue weighted by atomic mass is 10.1. The Morgan fingerprint density at radius 1 is 1.45 bits per heavy atom. The summed E-state index contributed by atoms with van der Waals surface area (Å²) in [5.41, 5.74) is 0. The Bertz CT molecular complexity index is 373. The fourth-order valence-electron chi connectivity index (χ4n) is 2.13. The smallest absolute Gasteiger partial charge is 0.326 e. The number of likely N-dealkylation sites (tertiary alicyclic amines) is 1. The molecule has 1 saturated heterocycles. The first kappa shape index (κ1) is 16.2. The number of rotatable bonds is 6. The number of nitrogens with one attached hydrogen (secondary N) is 1. The number of carbonyl (C=O) groups is 3. The van der Waals surface area contributed by atoms with E-state index in [2.05, 4.69) is 10.1 Å². The van der Waals surface area contributed by atoms with Crippen LogP contribution >= 0.6 is 0 Å². The monoisotopic (exact) mass is 288 g/mol. The average molecular weight is 288 g/mol. The second-order valence-corrected chi connectivity index (χ2v) is 4.73. The van der Waals surface area contributed by atoms with Gasteiger partial charge in [-0.15, -0.1) is 0 Å². The number of methoxy groups -OCH3 is 1. The van der Waals surface area contributed by atoms with Gasteiger partial charge in [-0.3, -0.25) is 4.79 Å². The summed E-state index contributed by atoms with van der Waals surface area (Å²) in [7, 11) is 1.16. The van der Waals surface area contributed by atoms with E-state index in [-0.39, 0.29) is 12.5 Å². The van der Waals surface area contributed by atoms with Gasteiger partial charge in [-0.2, -0.15) is 0 Å². The first-order valence-electron chi connectivity index (χ1n) is 6.43. The fraction of sp³-hybridized carbons (Fsp3) is 0.750. The fourth-order valence-corrected chi connectivity index (χ4v) is 2.13. The molecule has 0 aromatic heterocycles. The van der Waals surface area contributed by atoms with Crippen molar-refractivity contribution in [3.63, 3.8) is 0 Å². The van der Waals surface area contributed by atoms with Gasteiger partial charge >= 0.3 is 18.0 Å². The first-order chi connectivity index (χ1) is 9.47. The molecule has 1 fully saturated rings. The quantitative estimate of drug-likeness (QED) is 0.563. The van der Waals surface area contributed by atoms with Gasteiger partial charge in [0.15, 0.2) is 0 Å². The van der Waals surface area contributed by atoms with Gasteiger partial charge in [0, 0.05) is 19.7 Å². The summed E-state index contributed by atoms with van der Waals surface area (Å²) >= 11 is 0. The van der Waals surface area contributed by atoms with Gasteiger partial charge in [0.05, 0.1) is 13.5 Å². The molecule has 3 N–H and O–H groups in total. The molecule has 20 heavy (non-hydrogen) atoms. The van der Waals surface area contributed by atoms with Crippen LogP contribution in [0.1, 0.15) is 19.3 Å². The summed E-state index contributed by atoms with van der Waals surface area (Å²) in [5.74, 6) is -1.75. The minimum Gasteiger partial charge on any atom is -0.480 e. The average Bonchev–Trinajstić information content (AvgIpc) is 2.86. The third-order valence-corrected chi connectivity index (χ3v) is 3.30. The minimum atomic E-state index is -1.30. The summed E-state index contributed by atoms with van der Waals surface area (Å²) in [6.07, 6.45) is 0.989. The molecule has 0 aliphatic carbocycles. The maximum atomic E-state index is 11.9. The number of amides is 2. The molecule has 0 spiro atoms. The van der Waals surface area contributed by atoms with Crippen LogP contribution in [0.2, 0.25) is 0 Å². The molecule has 2 atom stereocenters. The van der Waals surface area contributed by atoms with Gasteiger partial charge in [0.25, 0.3) is 0 Å². The Morgan fingerprint density at radius 3 is 2.70 bits per heavy atom. The lowest BCUT2D eigenvalue weighted by Gasteiger charge is -2.20. The molecule has 2 amide bonds. The number of aliphatic carboxylic acids is 1. The summed E-state index contributed by atoms with van der Waals surface area (Å²) in [6, 6.07) is -1.81. The van der Waals surface area contributed by atoms with Crippen LogP contribution in [-0.4, -0.2) is 65.9 Å². The predicted octanol–water partition coefficient (Wildman–Crippen LogP) is -0.583. The van der Waals surface area contributed by atoms with E-state index in [0.717, 1.165) is 13.5 Å². The Kier molecular flexibility index (Phi) is 6.23. The predicted molar refractivity (Wildman–Crippen MR) is 68.0 cm³/mol. The van der Waals surface area contributed by atoms with E-state index in [1.165, 1.54) is 4.90 Å². The van der Waals surface area contributed by atoms with Crippen molar-refractivity contribution >= 4 is 18.0 Å². The zero-order valence-corrected chi connectivity index (χ0v) is 11.4. The van der Waals surface area contributed by atoms with Crippen LogP contribution in [-0.2, 0) is 14.3 Å². The summed E-state index contributed by atoms with van der Waals surface area (Å²) < 4.78 is 4.39. The van der Waals surface area contributed by atoms with E-state index >= 15 is 0 Å². The molecule has 0 bridgehead atoms. The summed E-state index contributed by atoms with van der Waals surface area (Å²) in [5, 5.41) is 20.1. The number of urea groups is 1. The van der Waals surface area contributed by atoms with Crippen molar-refractivity contribution in [1.82, 2.24) is 10.2 Å². The lowest BCUT2D eigenvalue weighted by Crippen LogP contribution is -2.48. The maximum absolute atomic E-state index is 11.9. The van der Waals surface area contributed by atoms with Crippen LogP contribution in [0.3, 0.4) is 0 Å². The normalized spacial score (nSPS) is 19.5. The Hall–Kier alpha value is -1.83. The van der Waals surface area contributed by atoms with Crippen molar-refractivity contribution in [2.45, 2.75) is 25.3 Å².